The van der Waals surface area contributed by atoms with Gasteiger partial charge in [-0.2, -0.15) is 0 Å². The number of nitrogens with two attached hydrogens (primary N) is 1. The minimum Gasteiger partial charge on any atom is -0.494 e. The van der Waals surface area contributed by atoms with E-state index in [9.17, 15) is 4.79 Å². The lowest BCUT2D eigenvalue weighted by Gasteiger charge is -2.23. The minimum atomic E-state index is -0.475. The molecule has 0 saturated carbocycles. The molecule has 6 nitrogen and oxygen atoms in total. The number of aryl methyl sites for hydroxylation is 1. The van der Waals surface area contributed by atoms with E-state index in [0.717, 1.165) is 40.9 Å². The molecule has 1 aromatic heterocycles. The molecule has 0 saturated heterocycles. The molecule has 3 aromatic rings. The second-order valence-corrected chi connectivity index (χ2v) is 6.83. The van der Waals surface area contributed by atoms with Crippen molar-refractivity contribution in [3.8, 4) is 5.75 Å². The summed E-state index contributed by atoms with van der Waals surface area (Å²) in [6.07, 6.45) is 2.65. The van der Waals surface area contributed by atoms with Crippen molar-refractivity contribution in [1.82, 2.24) is 10.3 Å². The lowest BCUT2D eigenvalue weighted by atomic mass is 10.0. The lowest BCUT2D eigenvalue weighted by Crippen LogP contribution is -2.24. The van der Waals surface area contributed by atoms with Crippen molar-refractivity contribution in [1.29, 1.82) is 0 Å². The largest absolute Gasteiger partial charge is 0.494 e. The van der Waals surface area contributed by atoms with E-state index < -0.39 is 5.91 Å². The third kappa shape index (κ3) is 4.49. The first-order chi connectivity index (χ1) is 14.1. The summed E-state index contributed by atoms with van der Waals surface area (Å²) in [6, 6.07) is 13.7. The van der Waals surface area contributed by atoms with E-state index in [0.29, 0.717) is 17.7 Å². The van der Waals surface area contributed by atoms with Crippen LogP contribution in [0, 0.1) is 0 Å². The number of benzene rings is 2. The molecule has 1 amide bonds. The molecule has 0 aliphatic rings. The van der Waals surface area contributed by atoms with Gasteiger partial charge in [-0.1, -0.05) is 31.2 Å². The fraction of sp³-hybridized carbons (Fsp3) is 0.304. The van der Waals surface area contributed by atoms with Crippen molar-refractivity contribution < 1.29 is 9.53 Å². The zero-order chi connectivity index (χ0) is 20.8. The number of carbonyl (C=O) groups is 1. The maximum atomic E-state index is 11.9. The SMILES string of the molecule is CCOc1ccc(C(CNC)Nc2c(CC)cnc3c(C(N)=O)cccc23)cc1. The summed E-state index contributed by atoms with van der Waals surface area (Å²) < 4.78 is 5.56. The Hall–Kier alpha value is -3.12. The summed E-state index contributed by atoms with van der Waals surface area (Å²) in [7, 11) is 1.93. The Morgan fingerprint density at radius 3 is 2.55 bits per heavy atom. The van der Waals surface area contributed by atoms with Crippen LogP contribution in [0.25, 0.3) is 10.9 Å². The van der Waals surface area contributed by atoms with Crippen molar-refractivity contribution in [3.05, 3.63) is 65.4 Å². The number of hydrogen-bond acceptors (Lipinski definition) is 5. The standard InChI is InChI=1S/C23H28N4O2/c1-4-15-13-26-22-18(7-6-8-19(22)23(24)28)21(15)27-20(14-25-3)16-9-11-17(12-10-16)29-5-2/h6-13,20,25H,4-5,14H2,1-3H3,(H2,24,28)(H,26,27). The van der Waals surface area contributed by atoms with Crippen LogP contribution in [-0.4, -0.2) is 31.1 Å². The first-order valence-corrected chi connectivity index (χ1v) is 9.93. The zero-order valence-electron chi connectivity index (χ0n) is 17.2. The van der Waals surface area contributed by atoms with Crippen LogP contribution in [0.15, 0.2) is 48.7 Å². The summed E-state index contributed by atoms with van der Waals surface area (Å²) in [5, 5.41) is 7.83. The molecule has 0 aliphatic heterocycles. The molecule has 29 heavy (non-hydrogen) atoms. The van der Waals surface area contributed by atoms with E-state index in [-0.39, 0.29) is 6.04 Å². The third-order valence-corrected chi connectivity index (χ3v) is 4.94. The van der Waals surface area contributed by atoms with Crippen LogP contribution in [0.2, 0.25) is 0 Å². The van der Waals surface area contributed by atoms with Gasteiger partial charge in [0, 0.05) is 23.8 Å². The second-order valence-electron chi connectivity index (χ2n) is 6.83. The Balaban J connectivity index is 2.05. The topological polar surface area (TPSA) is 89.3 Å². The first kappa shape index (κ1) is 20.6. The summed E-state index contributed by atoms with van der Waals surface area (Å²) in [4.78, 5) is 16.4. The predicted octanol–water partition coefficient (Wildman–Crippen LogP) is 3.67. The van der Waals surface area contributed by atoms with Gasteiger partial charge >= 0.3 is 0 Å². The van der Waals surface area contributed by atoms with Gasteiger partial charge in [0.2, 0.25) is 0 Å². The Morgan fingerprint density at radius 2 is 1.93 bits per heavy atom. The normalized spacial score (nSPS) is 12.0. The Kier molecular flexibility index (Phi) is 6.67. The lowest BCUT2D eigenvalue weighted by molar-refractivity contribution is 0.100. The van der Waals surface area contributed by atoms with Gasteiger partial charge in [-0.3, -0.25) is 9.78 Å². The van der Waals surface area contributed by atoms with E-state index in [1.165, 1.54) is 0 Å². The average Bonchev–Trinajstić information content (AvgIpc) is 2.73. The number of carbonyl (C=O) groups excluding carboxylic acids is 1. The molecule has 1 heterocycles. The molecule has 0 spiro atoms. The molecule has 3 rings (SSSR count). The number of ether oxygens (including phenoxy) is 1. The van der Waals surface area contributed by atoms with Gasteiger partial charge in [-0.25, -0.2) is 0 Å². The fourth-order valence-corrected chi connectivity index (χ4v) is 3.50. The number of nitrogens with zero attached hydrogens (tertiary/aromatic N) is 1. The molecule has 152 valence electrons. The maximum absolute atomic E-state index is 11.9. The number of primary amides is 1. The number of fused-ring (bicyclic) bond motifs is 1. The van der Waals surface area contributed by atoms with Crippen LogP contribution in [0.3, 0.4) is 0 Å². The quantitative estimate of drug-likeness (QED) is 0.517. The smallest absolute Gasteiger partial charge is 0.250 e. The van der Waals surface area contributed by atoms with Gasteiger partial charge in [-0.15, -0.1) is 0 Å². The van der Waals surface area contributed by atoms with E-state index in [4.69, 9.17) is 10.5 Å². The van der Waals surface area contributed by atoms with Gasteiger partial charge in [-0.05, 0) is 49.7 Å². The fourth-order valence-electron chi connectivity index (χ4n) is 3.50. The molecule has 1 unspecified atom stereocenters. The van der Waals surface area contributed by atoms with Crippen molar-refractivity contribution in [2.75, 3.05) is 25.5 Å². The molecule has 6 heteroatoms. The number of pyridine rings is 1. The molecule has 0 bridgehead atoms. The van der Waals surface area contributed by atoms with E-state index in [1.807, 2.05) is 44.4 Å². The third-order valence-electron chi connectivity index (χ3n) is 4.94. The Morgan fingerprint density at radius 1 is 1.17 bits per heavy atom. The number of nitrogens with one attached hydrogen (secondary N) is 2. The number of likely N-dealkylation sites (N-methyl/N-ethyl adjacent to an activating group) is 1. The van der Waals surface area contributed by atoms with Gasteiger partial charge < -0.3 is 21.1 Å². The highest BCUT2D eigenvalue weighted by Crippen LogP contribution is 2.32. The van der Waals surface area contributed by atoms with Crippen LogP contribution in [0.4, 0.5) is 5.69 Å². The number of anilines is 1. The summed E-state index contributed by atoms with van der Waals surface area (Å²) in [5.74, 6) is 0.380. The van der Waals surface area contributed by atoms with Crippen molar-refractivity contribution >= 4 is 22.5 Å². The Labute approximate surface area is 171 Å². The first-order valence-electron chi connectivity index (χ1n) is 9.93. The molecule has 0 fully saturated rings. The number of rotatable bonds is 9. The van der Waals surface area contributed by atoms with Gasteiger partial charge in [0.15, 0.2) is 0 Å². The summed E-state index contributed by atoms with van der Waals surface area (Å²) in [6.45, 7) is 5.44. The highest BCUT2D eigenvalue weighted by Gasteiger charge is 2.17. The van der Waals surface area contributed by atoms with Crippen LogP contribution >= 0.6 is 0 Å². The summed E-state index contributed by atoms with van der Waals surface area (Å²) in [5.41, 5.74) is 9.82. The van der Waals surface area contributed by atoms with Crippen LogP contribution in [-0.2, 0) is 6.42 Å². The number of amides is 1. The number of hydrogen-bond donors (Lipinski definition) is 3. The molecular formula is C23H28N4O2. The minimum absolute atomic E-state index is 0.0313. The molecule has 2 aromatic carbocycles. The monoisotopic (exact) mass is 392 g/mol. The van der Waals surface area contributed by atoms with Crippen molar-refractivity contribution in [2.45, 2.75) is 26.3 Å². The molecule has 1 atom stereocenters. The Bertz CT molecular complexity index is 986. The second kappa shape index (κ2) is 9.39. The number of para-hydroxylation sites is 1. The maximum Gasteiger partial charge on any atom is 0.250 e. The number of aromatic nitrogens is 1. The molecular weight excluding hydrogens is 364 g/mol. The average molecular weight is 393 g/mol. The zero-order valence-corrected chi connectivity index (χ0v) is 17.2. The summed E-state index contributed by atoms with van der Waals surface area (Å²) >= 11 is 0. The van der Waals surface area contributed by atoms with Gasteiger partial charge in [0.05, 0.1) is 23.7 Å². The van der Waals surface area contributed by atoms with Gasteiger partial charge in [0.1, 0.15) is 5.75 Å². The van der Waals surface area contributed by atoms with Crippen LogP contribution < -0.4 is 21.1 Å². The van der Waals surface area contributed by atoms with Crippen LogP contribution in [0.1, 0.15) is 41.4 Å². The highest BCUT2D eigenvalue weighted by molar-refractivity contribution is 6.08. The van der Waals surface area contributed by atoms with Crippen molar-refractivity contribution in [2.24, 2.45) is 5.73 Å². The molecule has 4 N–H and O–H groups in total. The van der Waals surface area contributed by atoms with E-state index >= 15 is 0 Å². The van der Waals surface area contributed by atoms with Gasteiger partial charge in [0.25, 0.3) is 5.91 Å². The van der Waals surface area contributed by atoms with E-state index in [1.54, 1.807) is 6.07 Å². The van der Waals surface area contributed by atoms with Crippen LogP contribution in [0.5, 0.6) is 5.75 Å². The molecule has 0 aliphatic carbocycles. The van der Waals surface area contributed by atoms with E-state index in [2.05, 4.69) is 34.7 Å². The predicted molar refractivity (Wildman–Crippen MR) is 118 cm³/mol. The highest BCUT2D eigenvalue weighted by atomic mass is 16.5. The van der Waals surface area contributed by atoms with Crippen molar-refractivity contribution in [3.63, 3.8) is 0 Å². The molecule has 0 radical (unpaired) electrons.